The topological polar surface area (TPSA) is 33.5 Å². The molecule has 1 heterocycles. The van der Waals surface area contributed by atoms with Crippen LogP contribution in [0, 0.1) is 6.92 Å². The largest absolute Gasteiger partial charge is 0.451 e. The predicted octanol–water partition coefficient (Wildman–Crippen LogP) is 4.57. The fourth-order valence-corrected chi connectivity index (χ4v) is 2.67. The smallest absolute Gasteiger partial charge is 0.290 e. The van der Waals surface area contributed by atoms with E-state index in [1.54, 1.807) is 4.90 Å². The van der Waals surface area contributed by atoms with Crippen molar-refractivity contribution in [2.45, 2.75) is 19.9 Å². The minimum absolute atomic E-state index is 0.0127. The Bertz CT molecular complexity index is 805. The summed E-state index contributed by atoms with van der Waals surface area (Å²) in [5, 5.41) is 0.992. The van der Waals surface area contributed by atoms with Crippen molar-refractivity contribution < 1.29 is 9.21 Å². The summed E-state index contributed by atoms with van der Waals surface area (Å²) in [4.78, 5) is 14.5. The number of benzene rings is 2. The lowest BCUT2D eigenvalue weighted by molar-refractivity contribution is 0.0712. The summed E-state index contributed by atoms with van der Waals surface area (Å²) in [5.74, 6) is 0.330. The van der Waals surface area contributed by atoms with Crippen LogP contribution in [0.5, 0.6) is 0 Å². The molecule has 0 aliphatic rings. The first-order chi connectivity index (χ1) is 10.6. The lowest BCUT2D eigenvalue weighted by Crippen LogP contribution is -2.29. The van der Waals surface area contributed by atoms with Crippen molar-refractivity contribution in [3.63, 3.8) is 0 Å². The Morgan fingerprint density at radius 3 is 2.36 bits per heavy atom. The van der Waals surface area contributed by atoms with Gasteiger partial charge in [-0.2, -0.15) is 0 Å². The molecule has 0 fully saturated rings. The molecule has 0 spiro atoms. The predicted molar refractivity (Wildman–Crippen MR) is 87.9 cm³/mol. The number of para-hydroxylation sites is 1. The van der Waals surface area contributed by atoms with Gasteiger partial charge in [-0.25, -0.2) is 0 Å². The van der Waals surface area contributed by atoms with Crippen molar-refractivity contribution in [1.82, 2.24) is 4.90 Å². The Balaban J connectivity index is 1.93. The highest BCUT2D eigenvalue weighted by atomic mass is 16.3. The van der Waals surface area contributed by atoms with Gasteiger partial charge >= 0.3 is 0 Å². The Kier molecular flexibility index (Phi) is 3.72. The highest BCUT2D eigenvalue weighted by Crippen LogP contribution is 2.28. The quantitative estimate of drug-likeness (QED) is 0.708. The van der Waals surface area contributed by atoms with Gasteiger partial charge in [-0.15, -0.1) is 0 Å². The molecule has 0 unspecified atom stereocenters. The molecule has 3 nitrogen and oxygen atoms in total. The van der Waals surface area contributed by atoms with Crippen LogP contribution in [-0.4, -0.2) is 17.9 Å². The third-order valence-corrected chi connectivity index (χ3v) is 4.22. The molecule has 0 aliphatic heterocycles. The summed E-state index contributed by atoms with van der Waals surface area (Å²) < 4.78 is 5.78. The lowest BCUT2D eigenvalue weighted by Gasteiger charge is -2.24. The van der Waals surface area contributed by atoms with Gasteiger partial charge in [0, 0.05) is 18.0 Å². The molecule has 0 bridgehead atoms. The molecule has 0 aliphatic carbocycles. The summed E-state index contributed by atoms with van der Waals surface area (Å²) >= 11 is 0. The van der Waals surface area contributed by atoms with E-state index in [9.17, 15) is 4.79 Å². The molecule has 1 aromatic heterocycles. The van der Waals surface area contributed by atoms with Crippen molar-refractivity contribution in [1.29, 1.82) is 0 Å². The van der Waals surface area contributed by atoms with Crippen LogP contribution in [0.2, 0.25) is 0 Å². The number of amides is 1. The van der Waals surface area contributed by atoms with Gasteiger partial charge in [0.05, 0.1) is 6.04 Å². The van der Waals surface area contributed by atoms with Crippen LogP contribution in [0.25, 0.3) is 11.0 Å². The fourth-order valence-electron chi connectivity index (χ4n) is 2.67. The summed E-state index contributed by atoms with van der Waals surface area (Å²) in [6.07, 6.45) is 0. The average Bonchev–Trinajstić information content (AvgIpc) is 2.91. The van der Waals surface area contributed by atoms with Crippen LogP contribution < -0.4 is 0 Å². The number of hydrogen-bond donors (Lipinski definition) is 0. The van der Waals surface area contributed by atoms with E-state index in [0.29, 0.717) is 5.76 Å². The Hall–Kier alpha value is -2.55. The number of carbonyl (C=O) groups excluding carboxylic acids is 1. The summed E-state index contributed by atoms with van der Waals surface area (Å²) in [5.41, 5.74) is 2.75. The van der Waals surface area contributed by atoms with E-state index in [4.69, 9.17) is 4.42 Å². The van der Waals surface area contributed by atoms with Crippen LogP contribution in [-0.2, 0) is 0 Å². The summed E-state index contributed by atoms with van der Waals surface area (Å²) in [6, 6.07) is 17.7. The lowest BCUT2D eigenvalue weighted by atomic mass is 10.1. The maximum atomic E-state index is 12.8. The van der Waals surface area contributed by atoms with E-state index >= 15 is 0 Å². The van der Waals surface area contributed by atoms with Crippen LogP contribution in [0.1, 0.15) is 34.6 Å². The van der Waals surface area contributed by atoms with Gasteiger partial charge in [0.1, 0.15) is 5.58 Å². The number of fused-ring (bicyclic) bond motifs is 1. The maximum absolute atomic E-state index is 12.8. The van der Waals surface area contributed by atoms with Gasteiger partial charge in [-0.3, -0.25) is 4.79 Å². The molecule has 22 heavy (non-hydrogen) atoms. The molecule has 0 N–H and O–H groups in total. The molecule has 1 atom stereocenters. The second-order valence-electron chi connectivity index (χ2n) is 5.56. The van der Waals surface area contributed by atoms with Gasteiger partial charge in [0.2, 0.25) is 0 Å². The highest BCUT2D eigenvalue weighted by Gasteiger charge is 2.24. The van der Waals surface area contributed by atoms with Crippen molar-refractivity contribution >= 4 is 16.9 Å². The number of hydrogen-bond acceptors (Lipinski definition) is 2. The van der Waals surface area contributed by atoms with E-state index in [1.165, 1.54) is 0 Å². The summed E-state index contributed by atoms with van der Waals surface area (Å²) in [6.45, 7) is 3.95. The van der Waals surface area contributed by atoms with Crippen LogP contribution in [0.3, 0.4) is 0 Å². The van der Waals surface area contributed by atoms with Crippen LogP contribution in [0.4, 0.5) is 0 Å². The Morgan fingerprint density at radius 1 is 1.05 bits per heavy atom. The molecule has 1 amide bonds. The van der Waals surface area contributed by atoms with Gasteiger partial charge < -0.3 is 9.32 Å². The second kappa shape index (κ2) is 5.68. The van der Waals surface area contributed by atoms with Gasteiger partial charge in [-0.05, 0) is 25.5 Å². The van der Waals surface area contributed by atoms with Crippen molar-refractivity contribution in [3.8, 4) is 0 Å². The summed E-state index contributed by atoms with van der Waals surface area (Å²) in [7, 11) is 1.81. The zero-order valence-corrected chi connectivity index (χ0v) is 13.0. The zero-order valence-electron chi connectivity index (χ0n) is 13.0. The van der Waals surface area contributed by atoms with Gasteiger partial charge in [0.25, 0.3) is 5.91 Å². The zero-order chi connectivity index (χ0) is 15.7. The number of rotatable bonds is 3. The minimum Gasteiger partial charge on any atom is -0.451 e. The third kappa shape index (κ3) is 2.39. The third-order valence-electron chi connectivity index (χ3n) is 4.22. The Labute approximate surface area is 130 Å². The first kappa shape index (κ1) is 14.4. The minimum atomic E-state index is -0.0925. The van der Waals surface area contributed by atoms with Gasteiger partial charge in [-0.1, -0.05) is 48.5 Å². The van der Waals surface area contributed by atoms with E-state index < -0.39 is 0 Å². The fraction of sp³-hybridized carbons (Fsp3) is 0.211. The average molecular weight is 293 g/mol. The molecule has 3 heteroatoms. The molecule has 3 rings (SSSR count). The van der Waals surface area contributed by atoms with E-state index in [-0.39, 0.29) is 11.9 Å². The molecule has 0 radical (unpaired) electrons. The first-order valence-corrected chi connectivity index (χ1v) is 7.40. The van der Waals surface area contributed by atoms with Crippen LogP contribution in [0.15, 0.2) is 59.0 Å². The van der Waals surface area contributed by atoms with Gasteiger partial charge in [0.15, 0.2) is 5.76 Å². The van der Waals surface area contributed by atoms with Crippen molar-refractivity contribution in [2.24, 2.45) is 0 Å². The number of furan rings is 1. The number of carbonyl (C=O) groups is 1. The molecule has 0 saturated carbocycles. The van der Waals surface area contributed by atoms with Crippen LogP contribution >= 0.6 is 0 Å². The van der Waals surface area contributed by atoms with E-state index in [2.05, 4.69) is 0 Å². The number of nitrogens with zero attached hydrogens (tertiary/aromatic N) is 1. The Morgan fingerprint density at radius 2 is 1.68 bits per heavy atom. The SMILES string of the molecule is Cc1c(C(=O)N(C)[C@@H](C)c2ccccc2)oc2ccccc12. The molecule has 0 saturated heterocycles. The monoisotopic (exact) mass is 293 g/mol. The molecular weight excluding hydrogens is 274 g/mol. The molecule has 3 aromatic rings. The molecular formula is C19H19NO2. The standard InChI is InChI=1S/C19H19NO2/c1-13-16-11-7-8-12-17(16)22-18(13)19(21)20(3)14(2)15-9-5-4-6-10-15/h4-12,14H,1-3H3/t14-/m0/s1. The van der Waals surface area contributed by atoms with E-state index in [1.807, 2.05) is 75.5 Å². The number of aryl methyl sites for hydroxylation is 1. The van der Waals surface area contributed by atoms with E-state index in [0.717, 1.165) is 22.1 Å². The molecule has 112 valence electrons. The van der Waals surface area contributed by atoms with Crippen molar-refractivity contribution in [2.75, 3.05) is 7.05 Å². The van der Waals surface area contributed by atoms with Crippen molar-refractivity contribution in [3.05, 3.63) is 71.5 Å². The normalized spacial score (nSPS) is 12.3. The first-order valence-electron chi connectivity index (χ1n) is 7.40. The maximum Gasteiger partial charge on any atom is 0.290 e. The molecule has 2 aromatic carbocycles. The highest BCUT2D eigenvalue weighted by molar-refractivity contribution is 5.98. The second-order valence-corrected chi connectivity index (χ2v) is 5.56.